The highest BCUT2D eigenvalue weighted by molar-refractivity contribution is 7.99. The van der Waals surface area contributed by atoms with Crippen LogP contribution in [0.4, 0.5) is 8.78 Å². The highest BCUT2D eigenvalue weighted by Gasteiger charge is 2.33. The highest BCUT2D eigenvalue weighted by Crippen LogP contribution is 2.24. The third-order valence-corrected chi connectivity index (χ3v) is 3.57. The predicted molar refractivity (Wildman–Crippen MR) is 57.0 cm³/mol. The number of likely N-dealkylation sites (tertiary alicyclic amines) is 1. The van der Waals surface area contributed by atoms with Gasteiger partial charge in [-0.3, -0.25) is 4.90 Å². The molecule has 1 aliphatic rings. The van der Waals surface area contributed by atoms with Crippen LogP contribution in [-0.4, -0.2) is 48.0 Å². The molecule has 0 aromatic heterocycles. The first kappa shape index (κ1) is 12.2. The maximum atomic E-state index is 12.9. The molecule has 0 aromatic carbocycles. The quantitative estimate of drug-likeness (QED) is 0.765. The molecular weight excluding hydrogens is 206 g/mol. The monoisotopic (exact) mass is 224 g/mol. The average Bonchev–Trinajstić information content (AvgIpc) is 2.53. The van der Waals surface area contributed by atoms with Gasteiger partial charge >= 0.3 is 0 Å². The zero-order chi connectivity index (χ0) is 10.6. The summed E-state index contributed by atoms with van der Waals surface area (Å²) >= 11 is 1.86. The van der Waals surface area contributed by atoms with Gasteiger partial charge in [-0.15, -0.1) is 0 Å². The van der Waals surface area contributed by atoms with Crippen molar-refractivity contribution in [2.45, 2.75) is 24.5 Å². The fraction of sp³-hybridized carbons (Fsp3) is 1.00. The normalized spacial score (nSPS) is 24.4. The fourth-order valence-corrected chi connectivity index (χ4v) is 2.76. The van der Waals surface area contributed by atoms with Gasteiger partial charge in [0.05, 0.1) is 13.1 Å². The number of thioether (sulfide) groups is 1. The Balaban J connectivity index is 2.28. The standard InChI is InChI=1S/C9H18F2N2S/c1-2-14-8-3-4-13(5-8)7-9(10,11)6-12/h8H,2-7,12H2,1H3. The number of rotatable bonds is 5. The van der Waals surface area contributed by atoms with Crippen LogP contribution < -0.4 is 5.73 Å². The van der Waals surface area contributed by atoms with Crippen molar-refractivity contribution in [3.05, 3.63) is 0 Å². The summed E-state index contributed by atoms with van der Waals surface area (Å²) in [6.07, 6.45) is 1.03. The summed E-state index contributed by atoms with van der Waals surface area (Å²) in [5.41, 5.74) is 5.00. The Hall–Kier alpha value is 0.130. The van der Waals surface area contributed by atoms with Gasteiger partial charge in [-0.25, -0.2) is 8.78 Å². The molecule has 0 aliphatic carbocycles. The second kappa shape index (κ2) is 5.28. The van der Waals surface area contributed by atoms with Crippen LogP contribution in [0.15, 0.2) is 0 Å². The summed E-state index contributed by atoms with van der Waals surface area (Å²) < 4.78 is 25.9. The van der Waals surface area contributed by atoms with Crippen LogP contribution in [0.25, 0.3) is 0 Å². The Labute approximate surface area is 88.2 Å². The smallest absolute Gasteiger partial charge is 0.272 e. The molecule has 0 bridgehead atoms. The molecule has 0 radical (unpaired) electrons. The van der Waals surface area contributed by atoms with E-state index in [9.17, 15) is 8.78 Å². The lowest BCUT2D eigenvalue weighted by Crippen LogP contribution is -2.41. The summed E-state index contributed by atoms with van der Waals surface area (Å²) in [6.45, 7) is 2.95. The first-order chi connectivity index (χ1) is 6.57. The molecule has 84 valence electrons. The van der Waals surface area contributed by atoms with E-state index in [1.54, 1.807) is 0 Å². The summed E-state index contributed by atoms with van der Waals surface area (Å²) in [5, 5.41) is 0.536. The van der Waals surface area contributed by atoms with Gasteiger partial charge in [0.25, 0.3) is 5.92 Å². The van der Waals surface area contributed by atoms with Crippen molar-refractivity contribution < 1.29 is 8.78 Å². The van der Waals surface area contributed by atoms with Crippen LogP contribution in [0.1, 0.15) is 13.3 Å². The van der Waals surface area contributed by atoms with E-state index < -0.39 is 12.5 Å². The van der Waals surface area contributed by atoms with E-state index >= 15 is 0 Å². The van der Waals surface area contributed by atoms with E-state index in [1.807, 2.05) is 16.7 Å². The third-order valence-electron chi connectivity index (χ3n) is 2.39. The van der Waals surface area contributed by atoms with Gasteiger partial charge in [-0.1, -0.05) is 6.92 Å². The molecule has 5 heteroatoms. The van der Waals surface area contributed by atoms with Crippen LogP contribution in [-0.2, 0) is 0 Å². The topological polar surface area (TPSA) is 29.3 Å². The second-order valence-corrected chi connectivity index (χ2v) is 5.24. The Morgan fingerprint density at radius 3 is 2.86 bits per heavy atom. The lowest BCUT2D eigenvalue weighted by atomic mass is 10.3. The number of halogens is 2. The number of nitrogens with zero attached hydrogens (tertiary/aromatic N) is 1. The molecule has 2 nitrogen and oxygen atoms in total. The lowest BCUT2D eigenvalue weighted by Gasteiger charge is -2.22. The Bertz CT molecular complexity index is 178. The van der Waals surface area contributed by atoms with Gasteiger partial charge in [0.15, 0.2) is 0 Å². The summed E-state index contributed by atoms with van der Waals surface area (Å²) in [5.74, 6) is -1.66. The van der Waals surface area contributed by atoms with Crippen molar-refractivity contribution in [2.75, 3.05) is 31.9 Å². The molecule has 1 saturated heterocycles. The number of hydrogen-bond acceptors (Lipinski definition) is 3. The van der Waals surface area contributed by atoms with Gasteiger partial charge < -0.3 is 5.73 Å². The SMILES string of the molecule is CCSC1CCN(CC(F)(F)CN)C1. The molecule has 0 amide bonds. The highest BCUT2D eigenvalue weighted by atomic mass is 32.2. The molecule has 14 heavy (non-hydrogen) atoms. The predicted octanol–water partition coefficient (Wildman–Crippen LogP) is 1.41. The summed E-state index contributed by atoms with van der Waals surface area (Å²) in [7, 11) is 0. The van der Waals surface area contributed by atoms with Crippen LogP contribution in [0.5, 0.6) is 0 Å². The number of alkyl halides is 2. The first-order valence-electron chi connectivity index (χ1n) is 4.99. The van der Waals surface area contributed by atoms with Crippen molar-refractivity contribution >= 4 is 11.8 Å². The molecule has 0 saturated carbocycles. The third kappa shape index (κ3) is 3.71. The number of nitrogens with two attached hydrogens (primary N) is 1. The Kier molecular flexibility index (Phi) is 4.60. The molecule has 0 spiro atoms. The molecule has 1 aliphatic heterocycles. The average molecular weight is 224 g/mol. The molecule has 0 aromatic rings. The van der Waals surface area contributed by atoms with Gasteiger partial charge in [0.1, 0.15) is 0 Å². The van der Waals surface area contributed by atoms with Crippen LogP contribution in [0.3, 0.4) is 0 Å². The fourth-order valence-electron chi connectivity index (χ4n) is 1.70. The van der Waals surface area contributed by atoms with Gasteiger partial charge in [0.2, 0.25) is 0 Å². The summed E-state index contributed by atoms with van der Waals surface area (Å²) in [6, 6.07) is 0. The Morgan fingerprint density at radius 2 is 2.29 bits per heavy atom. The maximum Gasteiger partial charge on any atom is 0.272 e. The molecule has 2 N–H and O–H groups in total. The molecule has 1 fully saturated rings. The van der Waals surface area contributed by atoms with Crippen molar-refractivity contribution in [1.82, 2.24) is 4.90 Å². The molecule has 1 heterocycles. The van der Waals surface area contributed by atoms with Gasteiger partial charge in [0, 0.05) is 11.8 Å². The van der Waals surface area contributed by atoms with Crippen molar-refractivity contribution in [3.63, 3.8) is 0 Å². The minimum absolute atomic E-state index is 0.176. The molecule has 1 rings (SSSR count). The van der Waals surface area contributed by atoms with Crippen molar-refractivity contribution in [2.24, 2.45) is 5.73 Å². The van der Waals surface area contributed by atoms with E-state index in [0.717, 1.165) is 25.3 Å². The number of hydrogen-bond donors (Lipinski definition) is 1. The van der Waals surface area contributed by atoms with E-state index in [1.165, 1.54) is 0 Å². The van der Waals surface area contributed by atoms with Crippen molar-refractivity contribution in [1.29, 1.82) is 0 Å². The van der Waals surface area contributed by atoms with Crippen LogP contribution in [0, 0.1) is 0 Å². The molecule has 1 atom stereocenters. The summed E-state index contributed by atoms with van der Waals surface area (Å²) in [4.78, 5) is 1.82. The van der Waals surface area contributed by atoms with E-state index in [-0.39, 0.29) is 6.54 Å². The van der Waals surface area contributed by atoms with E-state index in [4.69, 9.17) is 5.73 Å². The van der Waals surface area contributed by atoms with Crippen LogP contribution >= 0.6 is 11.8 Å². The lowest BCUT2D eigenvalue weighted by molar-refractivity contribution is -0.0179. The van der Waals surface area contributed by atoms with E-state index in [0.29, 0.717) is 5.25 Å². The minimum atomic E-state index is -2.72. The van der Waals surface area contributed by atoms with Gasteiger partial charge in [-0.2, -0.15) is 11.8 Å². The molecule has 1 unspecified atom stereocenters. The van der Waals surface area contributed by atoms with Gasteiger partial charge in [-0.05, 0) is 18.7 Å². The maximum absolute atomic E-state index is 12.9. The van der Waals surface area contributed by atoms with Crippen molar-refractivity contribution in [3.8, 4) is 0 Å². The van der Waals surface area contributed by atoms with E-state index in [2.05, 4.69) is 6.92 Å². The zero-order valence-corrected chi connectivity index (χ0v) is 9.33. The second-order valence-electron chi connectivity index (χ2n) is 3.66. The Morgan fingerprint density at radius 1 is 1.57 bits per heavy atom. The molecular formula is C9H18F2N2S. The largest absolute Gasteiger partial charge is 0.325 e. The van der Waals surface area contributed by atoms with Crippen LogP contribution in [0.2, 0.25) is 0 Å². The zero-order valence-electron chi connectivity index (χ0n) is 8.51. The first-order valence-corrected chi connectivity index (χ1v) is 6.04. The minimum Gasteiger partial charge on any atom is -0.325 e.